The van der Waals surface area contributed by atoms with Crippen molar-refractivity contribution in [1.82, 2.24) is 4.90 Å². The van der Waals surface area contributed by atoms with Gasteiger partial charge >= 0.3 is 5.97 Å². The van der Waals surface area contributed by atoms with Crippen molar-refractivity contribution in [2.45, 2.75) is 20.0 Å². The van der Waals surface area contributed by atoms with Gasteiger partial charge in [-0.25, -0.2) is 0 Å². The van der Waals surface area contributed by atoms with Gasteiger partial charge in [-0.15, -0.1) is 0 Å². The van der Waals surface area contributed by atoms with Crippen LogP contribution in [0.1, 0.15) is 23.6 Å². The van der Waals surface area contributed by atoms with E-state index < -0.39 is 10.9 Å². The number of amides is 1. The fourth-order valence-electron chi connectivity index (χ4n) is 3.96. The summed E-state index contributed by atoms with van der Waals surface area (Å²) in [5.41, 5.74) is 3.53. The first kappa shape index (κ1) is 29.9. The number of nitro benzene ring substituents is 1. The maximum Gasteiger partial charge on any atom is 0.325 e. The summed E-state index contributed by atoms with van der Waals surface area (Å²) in [7, 11) is 1.29. The van der Waals surface area contributed by atoms with Crippen LogP contribution in [0.2, 0.25) is 0 Å². The molecule has 0 radical (unpaired) electrons. The fourth-order valence-corrected chi connectivity index (χ4v) is 6.44. The quantitative estimate of drug-likeness (QED) is 0.0642. The number of methoxy groups -OCH3 is 1. The van der Waals surface area contributed by atoms with Crippen molar-refractivity contribution in [3.63, 3.8) is 0 Å². The zero-order chi connectivity index (χ0) is 29.0. The molecule has 1 heterocycles. The van der Waals surface area contributed by atoms with Crippen LogP contribution in [-0.4, -0.2) is 40.5 Å². The maximum atomic E-state index is 13.6. The number of hydrogen-bond acceptors (Lipinski definition) is 7. The van der Waals surface area contributed by atoms with Gasteiger partial charge in [0.1, 0.15) is 24.6 Å². The number of halogens is 2. The van der Waals surface area contributed by atoms with E-state index in [1.54, 1.807) is 18.2 Å². The molecule has 0 bridgehead atoms. The van der Waals surface area contributed by atoms with Crippen LogP contribution in [0.25, 0.3) is 6.08 Å². The van der Waals surface area contributed by atoms with Crippen LogP contribution < -0.4 is 9.64 Å². The molecule has 1 fully saturated rings. The molecule has 0 saturated carbocycles. The summed E-state index contributed by atoms with van der Waals surface area (Å²) in [5, 5.41) is 11.1. The second-order valence-electron chi connectivity index (χ2n) is 8.66. The van der Waals surface area contributed by atoms with Crippen LogP contribution >= 0.6 is 57.4 Å². The molecule has 206 valence electrons. The summed E-state index contributed by atoms with van der Waals surface area (Å²) >= 11 is 9.96. The van der Waals surface area contributed by atoms with Crippen molar-refractivity contribution < 1.29 is 24.0 Å². The van der Waals surface area contributed by atoms with Crippen molar-refractivity contribution in [1.29, 1.82) is 0 Å². The molecule has 0 aliphatic carbocycles. The van der Waals surface area contributed by atoms with Crippen molar-refractivity contribution in [2.75, 3.05) is 18.6 Å². The Bertz CT molecular complexity index is 1490. The van der Waals surface area contributed by atoms with E-state index in [2.05, 4.69) is 45.2 Å². The van der Waals surface area contributed by atoms with Gasteiger partial charge < -0.3 is 14.4 Å². The predicted molar refractivity (Wildman–Crippen MR) is 172 cm³/mol. The highest BCUT2D eigenvalue weighted by atomic mass is 127. The molecule has 3 aromatic rings. The second kappa shape index (κ2) is 13.0. The summed E-state index contributed by atoms with van der Waals surface area (Å²) in [6, 6.07) is 17.5. The highest BCUT2D eigenvalue weighted by Crippen LogP contribution is 2.33. The van der Waals surface area contributed by atoms with E-state index in [1.165, 1.54) is 29.0 Å². The Balaban J connectivity index is 1.62. The van der Waals surface area contributed by atoms with Gasteiger partial charge in [0.05, 0.1) is 24.9 Å². The number of carbonyl (C=O) groups is 2. The molecule has 9 nitrogen and oxygen atoms in total. The molecule has 0 atom stereocenters. The maximum absolute atomic E-state index is 13.6. The zero-order valence-electron chi connectivity index (χ0n) is 21.4. The van der Waals surface area contributed by atoms with Crippen LogP contribution in [0.4, 0.5) is 11.4 Å². The van der Waals surface area contributed by atoms with Gasteiger partial charge in [0.15, 0.2) is 5.11 Å². The van der Waals surface area contributed by atoms with Crippen LogP contribution in [0.5, 0.6) is 5.75 Å². The Hall–Kier alpha value is -3.11. The third-order valence-electron chi connectivity index (χ3n) is 6.11. The van der Waals surface area contributed by atoms with E-state index >= 15 is 0 Å². The first-order valence-corrected chi connectivity index (χ1v) is 14.6. The number of nitrogens with zero attached hydrogens (tertiary/aromatic N) is 3. The molecule has 12 heteroatoms. The molecule has 0 aromatic heterocycles. The Morgan fingerprint density at radius 2 is 1.65 bits per heavy atom. The lowest BCUT2D eigenvalue weighted by Crippen LogP contribution is -2.35. The highest BCUT2D eigenvalue weighted by molar-refractivity contribution is 14.1. The monoisotopic (exact) mass is 783 g/mol. The van der Waals surface area contributed by atoms with Gasteiger partial charge in [-0.1, -0.05) is 19.1 Å². The number of anilines is 1. The van der Waals surface area contributed by atoms with Crippen molar-refractivity contribution in [2.24, 2.45) is 0 Å². The fraction of sp³-hybridized carbons (Fsp3) is 0.179. The number of thiocarbonyl (C=S) groups is 1. The first-order valence-electron chi connectivity index (χ1n) is 12.0. The lowest BCUT2D eigenvalue weighted by molar-refractivity contribution is -0.384. The number of hydrogen-bond donors (Lipinski definition) is 0. The second-order valence-corrected chi connectivity index (χ2v) is 11.4. The van der Waals surface area contributed by atoms with Crippen molar-refractivity contribution in [3.05, 3.63) is 100 Å². The average Bonchev–Trinajstić information content (AvgIpc) is 3.16. The van der Waals surface area contributed by atoms with E-state index in [1.807, 2.05) is 43.3 Å². The number of non-ortho nitro benzene ring substituents is 1. The summed E-state index contributed by atoms with van der Waals surface area (Å²) in [6.45, 7) is 2.07. The molecule has 1 saturated heterocycles. The molecule has 1 aliphatic heterocycles. The molecule has 40 heavy (non-hydrogen) atoms. The first-order chi connectivity index (χ1) is 19.1. The van der Waals surface area contributed by atoms with E-state index in [0.29, 0.717) is 11.4 Å². The van der Waals surface area contributed by atoms with Gasteiger partial charge in [-0.2, -0.15) is 0 Å². The van der Waals surface area contributed by atoms with Crippen molar-refractivity contribution >= 4 is 91.8 Å². The number of benzene rings is 3. The molecule has 3 aromatic carbocycles. The van der Waals surface area contributed by atoms with Crippen LogP contribution in [0, 0.1) is 17.3 Å². The Morgan fingerprint density at radius 3 is 2.20 bits per heavy atom. The van der Waals surface area contributed by atoms with Gasteiger partial charge in [0, 0.05) is 12.1 Å². The van der Waals surface area contributed by atoms with Gasteiger partial charge in [-0.3, -0.25) is 24.6 Å². The topological polar surface area (TPSA) is 102 Å². The zero-order valence-corrected chi connectivity index (χ0v) is 26.6. The summed E-state index contributed by atoms with van der Waals surface area (Å²) in [4.78, 5) is 39.2. The normalized spacial score (nSPS) is 14.2. The minimum atomic E-state index is -0.525. The molecular weight excluding hydrogens is 760 g/mol. The van der Waals surface area contributed by atoms with Gasteiger partial charge in [0.2, 0.25) is 0 Å². The Morgan fingerprint density at radius 1 is 1.05 bits per heavy atom. The Kier molecular flexibility index (Phi) is 9.73. The predicted octanol–water partition coefficient (Wildman–Crippen LogP) is 6.09. The summed E-state index contributed by atoms with van der Waals surface area (Å²) < 4.78 is 12.5. The van der Waals surface area contributed by atoms with E-state index in [4.69, 9.17) is 21.7 Å². The lowest BCUT2D eigenvalue weighted by Gasteiger charge is -2.19. The molecule has 0 spiro atoms. The van der Waals surface area contributed by atoms with E-state index in [9.17, 15) is 19.7 Å². The standard InChI is InChI=1S/C28H23I2N3O6S/c1-3-17-4-8-20(9-5-17)32-27(35)24(31(28(32)40)15-25(34)38-2)14-19-12-22(29)26(23(30)13-19)39-16-18-6-10-21(11-7-18)33(36)37/h4-14H,3,15-16H2,1-2H3/b24-14-. The smallest absolute Gasteiger partial charge is 0.325 e. The number of ether oxygens (including phenoxy) is 2. The molecule has 4 rings (SSSR count). The summed E-state index contributed by atoms with van der Waals surface area (Å²) in [6.07, 6.45) is 2.56. The lowest BCUT2D eigenvalue weighted by atomic mass is 10.1. The van der Waals surface area contributed by atoms with Gasteiger partial charge in [0.25, 0.3) is 11.6 Å². The third kappa shape index (κ3) is 6.61. The number of aryl methyl sites for hydroxylation is 1. The van der Waals surface area contributed by atoms with Crippen LogP contribution in [0.3, 0.4) is 0 Å². The van der Waals surface area contributed by atoms with E-state index in [-0.39, 0.29) is 35.6 Å². The van der Waals surface area contributed by atoms with Crippen LogP contribution in [0.15, 0.2) is 66.4 Å². The SMILES string of the molecule is CCc1ccc(N2C(=O)/C(=C/c3cc(I)c(OCc4ccc([N+](=O)[O-])cc4)c(I)c3)N(CC(=O)OC)C2=S)cc1. The minimum Gasteiger partial charge on any atom is -0.487 e. The minimum absolute atomic E-state index is 0.0176. The average molecular weight is 783 g/mol. The molecule has 0 N–H and O–H groups in total. The molecular formula is C28H23I2N3O6S. The van der Waals surface area contributed by atoms with Crippen LogP contribution in [-0.2, 0) is 27.4 Å². The largest absolute Gasteiger partial charge is 0.487 e. The number of esters is 1. The Labute approximate surface area is 263 Å². The molecule has 0 unspecified atom stereocenters. The van der Waals surface area contributed by atoms with E-state index in [0.717, 1.165) is 30.3 Å². The molecule has 1 aliphatic rings. The van der Waals surface area contributed by atoms with Crippen molar-refractivity contribution in [3.8, 4) is 5.75 Å². The highest BCUT2D eigenvalue weighted by Gasteiger charge is 2.40. The number of carbonyl (C=O) groups excluding carboxylic acids is 2. The summed E-state index contributed by atoms with van der Waals surface area (Å²) in [5.74, 6) is -0.218. The number of rotatable bonds is 9. The third-order valence-corrected chi connectivity index (χ3v) is 8.11. The van der Waals surface area contributed by atoms with Gasteiger partial charge in [-0.05, 0) is 123 Å². The number of nitro groups is 1. The molecule has 1 amide bonds.